The molecule has 0 saturated heterocycles. The SMILES string of the molecule is CC(C)(C)CC(O)CNC1CCSc2ccc(Cl)cc21. The first kappa shape index (κ1) is 16.2. The van der Waals surface area contributed by atoms with Gasteiger partial charge in [0.15, 0.2) is 0 Å². The van der Waals surface area contributed by atoms with Crippen molar-refractivity contribution < 1.29 is 5.11 Å². The minimum absolute atomic E-state index is 0.157. The maximum absolute atomic E-state index is 10.1. The molecule has 4 heteroatoms. The van der Waals surface area contributed by atoms with E-state index in [1.54, 1.807) is 0 Å². The van der Waals surface area contributed by atoms with Gasteiger partial charge in [-0.2, -0.15) is 0 Å². The van der Waals surface area contributed by atoms with Crippen LogP contribution in [-0.2, 0) is 0 Å². The van der Waals surface area contributed by atoms with Crippen LogP contribution in [0.3, 0.4) is 0 Å². The smallest absolute Gasteiger partial charge is 0.0669 e. The molecule has 0 fully saturated rings. The molecular formula is C16H24ClNOS. The highest BCUT2D eigenvalue weighted by molar-refractivity contribution is 7.99. The van der Waals surface area contributed by atoms with Gasteiger partial charge in [-0.05, 0) is 47.8 Å². The van der Waals surface area contributed by atoms with E-state index in [0.717, 1.165) is 23.6 Å². The van der Waals surface area contributed by atoms with E-state index in [9.17, 15) is 5.11 Å². The van der Waals surface area contributed by atoms with Crippen molar-refractivity contribution >= 4 is 23.4 Å². The summed E-state index contributed by atoms with van der Waals surface area (Å²) in [4.78, 5) is 1.31. The summed E-state index contributed by atoms with van der Waals surface area (Å²) in [5, 5.41) is 14.4. The van der Waals surface area contributed by atoms with Gasteiger partial charge in [-0.3, -0.25) is 0 Å². The fraction of sp³-hybridized carbons (Fsp3) is 0.625. The highest BCUT2D eigenvalue weighted by Crippen LogP contribution is 2.37. The summed E-state index contributed by atoms with van der Waals surface area (Å²) in [6, 6.07) is 6.41. The maximum atomic E-state index is 10.1. The van der Waals surface area contributed by atoms with Crippen LogP contribution in [0.5, 0.6) is 0 Å². The molecule has 0 spiro atoms. The van der Waals surface area contributed by atoms with E-state index >= 15 is 0 Å². The molecule has 2 nitrogen and oxygen atoms in total. The predicted molar refractivity (Wildman–Crippen MR) is 87.6 cm³/mol. The molecule has 1 heterocycles. The Kier molecular flexibility index (Phi) is 5.41. The van der Waals surface area contributed by atoms with Crippen LogP contribution in [0.25, 0.3) is 0 Å². The number of halogens is 1. The second-order valence-electron chi connectivity index (χ2n) is 6.70. The van der Waals surface area contributed by atoms with Crippen LogP contribution in [0, 0.1) is 5.41 Å². The van der Waals surface area contributed by atoms with Gasteiger partial charge in [-0.15, -0.1) is 11.8 Å². The monoisotopic (exact) mass is 313 g/mol. The summed E-state index contributed by atoms with van der Waals surface area (Å²) in [7, 11) is 0. The number of thioether (sulfide) groups is 1. The number of benzene rings is 1. The Bertz CT molecular complexity index is 458. The Morgan fingerprint density at radius 1 is 1.45 bits per heavy atom. The molecule has 20 heavy (non-hydrogen) atoms. The van der Waals surface area contributed by atoms with Gasteiger partial charge in [0.25, 0.3) is 0 Å². The Labute approximate surface area is 131 Å². The van der Waals surface area contributed by atoms with Crippen molar-refractivity contribution in [1.29, 1.82) is 0 Å². The molecule has 2 unspecified atom stereocenters. The standard InChI is InChI=1S/C16H24ClNOS/c1-16(2,3)9-12(19)10-18-14-6-7-20-15-5-4-11(17)8-13(14)15/h4-5,8,12,14,18-19H,6-7,9-10H2,1-3H3. The lowest BCUT2D eigenvalue weighted by Crippen LogP contribution is -2.34. The molecule has 1 aliphatic heterocycles. The number of fused-ring (bicyclic) bond motifs is 1. The lowest BCUT2D eigenvalue weighted by Gasteiger charge is -2.28. The fourth-order valence-corrected chi connectivity index (χ4v) is 3.92. The Morgan fingerprint density at radius 3 is 2.90 bits per heavy atom. The quantitative estimate of drug-likeness (QED) is 0.871. The van der Waals surface area contributed by atoms with E-state index < -0.39 is 0 Å². The van der Waals surface area contributed by atoms with E-state index in [0.29, 0.717) is 12.6 Å². The van der Waals surface area contributed by atoms with Crippen molar-refractivity contribution in [2.75, 3.05) is 12.3 Å². The fourth-order valence-electron chi connectivity index (χ4n) is 2.63. The first-order chi connectivity index (χ1) is 9.35. The highest BCUT2D eigenvalue weighted by atomic mass is 35.5. The molecule has 0 radical (unpaired) electrons. The van der Waals surface area contributed by atoms with E-state index in [4.69, 9.17) is 11.6 Å². The van der Waals surface area contributed by atoms with Crippen molar-refractivity contribution in [1.82, 2.24) is 5.32 Å². The zero-order valence-corrected chi connectivity index (χ0v) is 14.0. The van der Waals surface area contributed by atoms with Crippen molar-refractivity contribution in [3.63, 3.8) is 0 Å². The summed E-state index contributed by atoms with van der Waals surface area (Å²) < 4.78 is 0. The normalized spacial score (nSPS) is 20.6. The first-order valence-electron chi connectivity index (χ1n) is 7.19. The number of rotatable bonds is 4. The number of aliphatic hydroxyl groups is 1. The van der Waals surface area contributed by atoms with Crippen LogP contribution >= 0.6 is 23.4 Å². The summed E-state index contributed by atoms with van der Waals surface area (Å²) in [6.45, 7) is 7.10. The van der Waals surface area contributed by atoms with Gasteiger partial charge < -0.3 is 10.4 Å². The molecular weight excluding hydrogens is 290 g/mol. The third-order valence-corrected chi connectivity index (χ3v) is 4.82. The third kappa shape index (κ3) is 4.66. The van der Waals surface area contributed by atoms with Gasteiger partial charge in [-0.1, -0.05) is 32.4 Å². The average Bonchev–Trinajstić information content (AvgIpc) is 2.34. The van der Waals surface area contributed by atoms with Gasteiger partial charge in [0.2, 0.25) is 0 Å². The van der Waals surface area contributed by atoms with E-state index in [-0.39, 0.29) is 11.5 Å². The lowest BCUT2D eigenvalue weighted by atomic mass is 9.89. The summed E-state index contributed by atoms with van der Waals surface area (Å²) >= 11 is 7.99. The van der Waals surface area contributed by atoms with Crippen molar-refractivity contribution in [2.45, 2.75) is 50.7 Å². The number of hydrogen-bond donors (Lipinski definition) is 2. The minimum Gasteiger partial charge on any atom is -0.392 e. The molecule has 1 aliphatic rings. The van der Waals surface area contributed by atoms with Gasteiger partial charge in [0.1, 0.15) is 0 Å². The van der Waals surface area contributed by atoms with E-state index in [1.165, 1.54) is 10.5 Å². The molecule has 2 rings (SSSR count). The van der Waals surface area contributed by atoms with E-state index in [1.807, 2.05) is 17.8 Å². The molecule has 112 valence electrons. The molecule has 0 aliphatic carbocycles. The van der Waals surface area contributed by atoms with Gasteiger partial charge in [0, 0.05) is 22.5 Å². The van der Waals surface area contributed by atoms with Crippen LogP contribution in [0.15, 0.2) is 23.1 Å². The summed E-state index contributed by atoms with van der Waals surface area (Å²) in [5.74, 6) is 1.11. The van der Waals surface area contributed by atoms with Crippen molar-refractivity contribution in [3.8, 4) is 0 Å². The topological polar surface area (TPSA) is 32.3 Å². The molecule has 1 aromatic rings. The van der Waals surface area contributed by atoms with Gasteiger partial charge in [-0.25, -0.2) is 0 Å². The number of hydrogen-bond acceptors (Lipinski definition) is 3. The Hall–Kier alpha value is -0.220. The largest absolute Gasteiger partial charge is 0.392 e. The molecule has 2 N–H and O–H groups in total. The van der Waals surface area contributed by atoms with Crippen LogP contribution in [0.2, 0.25) is 5.02 Å². The molecule has 2 atom stereocenters. The van der Waals surface area contributed by atoms with Gasteiger partial charge >= 0.3 is 0 Å². The predicted octanol–water partition coefficient (Wildman–Crippen LogP) is 4.26. The molecule has 0 saturated carbocycles. The minimum atomic E-state index is -0.299. The third-order valence-electron chi connectivity index (χ3n) is 3.46. The first-order valence-corrected chi connectivity index (χ1v) is 8.55. The van der Waals surface area contributed by atoms with Crippen molar-refractivity contribution in [3.05, 3.63) is 28.8 Å². The number of nitrogens with one attached hydrogen (secondary N) is 1. The maximum Gasteiger partial charge on any atom is 0.0669 e. The molecule has 0 aromatic heterocycles. The molecule has 0 amide bonds. The van der Waals surface area contributed by atoms with Crippen LogP contribution < -0.4 is 5.32 Å². The Morgan fingerprint density at radius 2 is 2.20 bits per heavy atom. The average molecular weight is 314 g/mol. The second-order valence-corrected chi connectivity index (χ2v) is 8.27. The van der Waals surface area contributed by atoms with E-state index in [2.05, 4.69) is 38.2 Å². The van der Waals surface area contributed by atoms with Gasteiger partial charge in [0.05, 0.1) is 6.10 Å². The molecule has 0 bridgehead atoms. The van der Waals surface area contributed by atoms with Crippen LogP contribution in [-0.4, -0.2) is 23.5 Å². The lowest BCUT2D eigenvalue weighted by molar-refractivity contribution is 0.116. The van der Waals surface area contributed by atoms with Crippen LogP contribution in [0.4, 0.5) is 0 Å². The number of aliphatic hydroxyl groups excluding tert-OH is 1. The van der Waals surface area contributed by atoms with Crippen molar-refractivity contribution in [2.24, 2.45) is 5.41 Å². The highest BCUT2D eigenvalue weighted by Gasteiger charge is 2.22. The molecule has 1 aromatic carbocycles. The zero-order valence-electron chi connectivity index (χ0n) is 12.4. The summed E-state index contributed by atoms with van der Waals surface area (Å²) in [5.41, 5.74) is 1.43. The Balaban J connectivity index is 1.97. The van der Waals surface area contributed by atoms with Crippen LogP contribution in [0.1, 0.15) is 45.2 Å². The second kappa shape index (κ2) is 6.69. The zero-order chi connectivity index (χ0) is 14.8. The summed E-state index contributed by atoms with van der Waals surface area (Å²) in [6.07, 6.45) is 1.59.